The van der Waals surface area contributed by atoms with E-state index in [0.29, 0.717) is 11.5 Å². The number of hydrogen-bond acceptors (Lipinski definition) is 3. The van der Waals surface area contributed by atoms with Gasteiger partial charge in [-0.2, -0.15) is 0 Å². The van der Waals surface area contributed by atoms with Crippen LogP contribution in [0.4, 0.5) is 5.13 Å². The summed E-state index contributed by atoms with van der Waals surface area (Å²) in [6, 6.07) is 7.07. The van der Waals surface area contributed by atoms with Gasteiger partial charge in [0.05, 0.1) is 10.2 Å². The molecule has 3 rings (SSSR count). The van der Waals surface area contributed by atoms with Crippen LogP contribution in [0.5, 0.6) is 0 Å². The molecular weight excluding hydrogens is 252 g/mol. The summed E-state index contributed by atoms with van der Waals surface area (Å²) in [7, 11) is 0. The Morgan fingerprint density at radius 1 is 1.32 bits per heavy atom. The van der Waals surface area contributed by atoms with Crippen molar-refractivity contribution in [3.8, 4) is 0 Å². The molecule has 1 atom stereocenters. The maximum absolute atomic E-state index is 4.74. The summed E-state index contributed by atoms with van der Waals surface area (Å²) in [6.45, 7) is 6.87. The second kappa shape index (κ2) is 4.78. The number of anilines is 1. The number of aromatic nitrogens is 1. The van der Waals surface area contributed by atoms with Crippen LogP contribution >= 0.6 is 11.3 Å². The minimum atomic E-state index is 0.381. The van der Waals surface area contributed by atoms with E-state index in [-0.39, 0.29) is 0 Å². The SMILES string of the molecule is Cc1ccc2sc(NC3CCCCC3(C)C)nc2c1. The number of thiazole rings is 1. The quantitative estimate of drug-likeness (QED) is 0.835. The Kier molecular flexibility index (Phi) is 3.25. The Morgan fingerprint density at radius 3 is 2.95 bits per heavy atom. The topological polar surface area (TPSA) is 24.9 Å². The van der Waals surface area contributed by atoms with Crippen LogP contribution in [0.25, 0.3) is 10.2 Å². The van der Waals surface area contributed by atoms with Gasteiger partial charge < -0.3 is 5.32 Å². The highest BCUT2D eigenvalue weighted by molar-refractivity contribution is 7.22. The molecule has 0 aliphatic heterocycles. The minimum Gasteiger partial charge on any atom is -0.358 e. The summed E-state index contributed by atoms with van der Waals surface area (Å²) in [5.41, 5.74) is 2.79. The average molecular weight is 274 g/mol. The fourth-order valence-electron chi connectivity index (χ4n) is 3.01. The van der Waals surface area contributed by atoms with Crippen LogP contribution in [0, 0.1) is 12.3 Å². The van der Waals surface area contributed by atoms with Crippen molar-refractivity contribution >= 4 is 26.7 Å². The second-order valence-electron chi connectivity index (χ2n) is 6.42. The maximum atomic E-state index is 4.74. The van der Waals surface area contributed by atoms with E-state index in [9.17, 15) is 0 Å². The smallest absolute Gasteiger partial charge is 0.184 e. The summed E-state index contributed by atoms with van der Waals surface area (Å²) in [5.74, 6) is 0. The minimum absolute atomic E-state index is 0.381. The molecule has 1 fully saturated rings. The van der Waals surface area contributed by atoms with Gasteiger partial charge in [-0.25, -0.2) is 4.98 Å². The van der Waals surface area contributed by atoms with Crippen molar-refractivity contribution in [3.63, 3.8) is 0 Å². The van der Waals surface area contributed by atoms with Gasteiger partial charge in [-0.1, -0.05) is 44.1 Å². The van der Waals surface area contributed by atoms with Crippen LogP contribution in [-0.2, 0) is 0 Å². The largest absolute Gasteiger partial charge is 0.358 e. The molecule has 0 spiro atoms. The van der Waals surface area contributed by atoms with Gasteiger partial charge >= 0.3 is 0 Å². The number of nitrogens with zero attached hydrogens (tertiary/aromatic N) is 1. The molecule has 1 aliphatic carbocycles. The summed E-state index contributed by atoms with van der Waals surface area (Å²) in [6.07, 6.45) is 5.28. The average Bonchev–Trinajstić information content (AvgIpc) is 2.73. The van der Waals surface area contributed by atoms with Gasteiger partial charge in [-0.3, -0.25) is 0 Å². The molecule has 0 radical (unpaired) electrons. The first-order chi connectivity index (χ1) is 9.04. The molecule has 2 nitrogen and oxygen atoms in total. The molecule has 102 valence electrons. The van der Waals surface area contributed by atoms with E-state index >= 15 is 0 Å². The van der Waals surface area contributed by atoms with E-state index in [4.69, 9.17) is 4.98 Å². The first kappa shape index (κ1) is 12.9. The summed E-state index contributed by atoms with van der Waals surface area (Å²) in [4.78, 5) is 4.74. The van der Waals surface area contributed by atoms with Crippen LogP contribution in [0.1, 0.15) is 45.1 Å². The van der Waals surface area contributed by atoms with Crippen molar-refractivity contribution < 1.29 is 0 Å². The van der Waals surface area contributed by atoms with Crippen LogP contribution in [0.3, 0.4) is 0 Å². The van der Waals surface area contributed by atoms with Crippen molar-refractivity contribution in [1.29, 1.82) is 0 Å². The van der Waals surface area contributed by atoms with Crippen molar-refractivity contribution in [1.82, 2.24) is 4.98 Å². The fourth-order valence-corrected chi connectivity index (χ4v) is 3.91. The number of benzene rings is 1. The molecule has 1 aliphatic rings. The second-order valence-corrected chi connectivity index (χ2v) is 7.45. The molecular formula is C16H22N2S. The van der Waals surface area contributed by atoms with Gasteiger partial charge in [0.25, 0.3) is 0 Å². The van der Waals surface area contributed by atoms with Crippen molar-refractivity contribution in [2.24, 2.45) is 5.41 Å². The Labute approximate surface area is 119 Å². The first-order valence-corrected chi connectivity index (χ1v) is 8.00. The van der Waals surface area contributed by atoms with Crippen LogP contribution in [-0.4, -0.2) is 11.0 Å². The highest BCUT2D eigenvalue weighted by Gasteiger charge is 2.32. The van der Waals surface area contributed by atoms with E-state index < -0.39 is 0 Å². The van der Waals surface area contributed by atoms with Gasteiger partial charge in [0.15, 0.2) is 5.13 Å². The number of nitrogens with one attached hydrogen (secondary N) is 1. The van der Waals surface area contributed by atoms with E-state index in [1.54, 1.807) is 11.3 Å². The molecule has 1 N–H and O–H groups in total. The Bertz CT molecular complexity index is 585. The Hall–Kier alpha value is -1.09. The molecule has 3 heteroatoms. The molecule has 1 aromatic heterocycles. The number of aryl methyl sites for hydroxylation is 1. The normalized spacial score (nSPS) is 22.6. The highest BCUT2D eigenvalue weighted by atomic mass is 32.1. The number of hydrogen-bond donors (Lipinski definition) is 1. The molecule has 0 bridgehead atoms. The zero-order chi connectivity index (χ0) is 13.5. The van der Waals surface area contributed by atoms with Gasteiger partial charge in [-0.05, 0) is 42.9 Å². The highest BCUT2D eigenvalue weighted by Crippen LogP contribution is 2.38. The Morgan fingerprint density at radius 2 is 2.16 bits per heavy atom. The van der Waals surface area contributed by atoms with Crippen LogP contribution < -0.4 is 5.32 Å². The van der Waals surface area contributed by atoms with Crippen LogP contribution in [0.15, 0.2) is 18.2 Å². The molecule has 2 aromatic rings. The lowest BCUT2D eigenvalue weighted by molar-refractivity contribution is 0.217. The molecule has 0 amide bonds. The third kappa shape index (κ3) is 2.62. The standard InChI is InChI=1S/C16H22N2S/c1-11-7-8-13-12(10-11)17-15(19-13)18-14-6-4-5-9-16(14,2)3/h7-8,10,14H,4-6,9H2,1-3H3,(H,17,18). The summed E-state index contributed by atoms with van der Waals surface area (Å²) >= 11 is 1.78. The summed E-state index contributed by atoms with van der Waals surface area (Å²) in [5, 5.41) is 4.77. The van der Waals surface area contributed by atoms with Gasteiger partial charge in [0.1, 0.15) is 0 Å². The zero-order valence-electron chi connectivity index (χ0n) is 12.0. The first-order valence-electron chi connectivity index (χ1n) is 7.18. The van der Waals surface area contributed by atoms with Gasteiger partial charge in [0.2, 0.25) is 0 Å². The molecule has 1 unspecified atom stereocenters. The predicted molar refractivity (Wildman–Crippen MR) is 84.0 cm³/mol. The predicted octanol–water partition coefficient (Wildman–Crippen LogP) is 4.99. The molecule has 1 heterocycles. The third-order valence-electron chi connectivity index (χ3n) is 4.35. The van der Waals surface area contributed by atoms with E-state index in [1.807, 2.05) is 0 Å². The van der Waals surface area contributed by atoms with Gasteiger partial charge in [0, 0.05) is 6.04 Å². The molecule has 0 saturated heterocycles. The van der Waals surface area contributed by atoms with Crippen molar-refractivity contribution in [2.75, 3.05) is 5.32 Å². The molecule has 1 saturated carbocycles. The summed E-state index contributed by atoms with van der Waals surface area (Å²) < 4.78 is 1.28. The van der Waals surface area contributed by atoms with Crippen molar-refractivity contribution in [2.45, 2.75) is 52.5 Å². The molecule has 1 aromatic carbocycles. The number of rotatable bonds is 2. The van der Waals surface area contributed by atoms with Crippen LogP contribution in [0.2, 0.25) is 0 Å². The zero-order valence-corrected chi connectivity index (χ0v) is 12.8. The molecule has 19 heavy (non-hydrogen) atoms. The monoisotopic (exact) mass is 274 g/mol. The lowest BCUT2D eigenvalue weighted by atomic mass is 9.73. The maximum Gasteiger partial charge on any atom is 0.184 e. The van der Waals surface area contributed by atoms with E-state index in [2.05, 4.69) is 44.3 Å². The van der Waals surface area contributed by atoms with Crippen molar-refractivity contribution in [3.05, 3.63) is 23.8 Å². The lowest BCUT2D eigenvalue weighted by Crippen LogP contribution is -2.38. The Balaban J connectivity index is 1.84. The van der Waals surface area contributed by atoms with E-state index in [1.165, 1.54) is 35.9 Å². The van der Waals surface area contributed by atoms with Gasteiger partial charge in [-0.15, -0.1) is 0 Å². The lowest BCUT2D eigenvalue weighted by Gasteiger charge is -2.38. The third-order valence-corrected chi connectivity index (χ3v) is 5.32. The fraction of sp³-hybridized carbons (Fsp3) is 0.562. The van der Waals surface area contributed by atoms with E-state index in [0.717, 1.165) is 10.6 Å². The number of fused-ring (bicyclic) bond motifs is 1.